The maximum absolute atomic E-state index is 14.2. The molecule has 184 valence electrons. The molecule has 1 aliphatic rings. The fourth-order valence-electron chi connectivity index (χ4n) is 4.67. The number of ether oxygens (including phenoxy) is 2. The van der Waals surface area contributed by atoms with E-state index < -0.39 is 16.6 Å². The van der Waals surface area contributed by atoms with Crippen molar-refractivity contribution < 1.29 is 19.1 Å². The quantitative estimate of drug-likeness (QED) is 0.254. The number of Topliss-reactive ketones (excluding diaryl/α,β-unsaturated/α-hetero) is 1. The van der Waals surface area contributed by atoms with Crippen molar-refractivity contribution in [3.8, 4) is 5.75 Å². The van der Waals surface area contributed by atoms with Gasteiger partial charge in [0.15, 0.2) is 5.78 Å². The number of benzene rings is 2. The van der Waals surface area contributed by atoms with Crippen LogP contribution in [0.1, 0.15) is 56.6 Å². The summed E-state index contributed by atoms with van der Waals surface area (Å²) >= 11 is 14.2. The maximum atomic E-state index is 14.2. The molecule has 0 radical (unpaired) electrons. The Labute approximate surface area is 216 Å². The smallest absolute Gasteiger partial charge is 0.320 e. The van der Waals surface area contributed by atoms with E-state index in [1.165, 1.54) is 7.11 Å². The molecule has 0 saturated heterocycles. The summed E-state index contributed by atoms with van der Waals surface area (Å²) in [6.45, 7) is 4.46. The Morgan fingerprint density at radius 1 is 1.06 bits per heavy atom. The van der Waals surface area contributed by atoms with Gasteiger partial charge in [0.25, 0.3) is 0 Å². The third kappa shape index (κ3) is 6.10. The third-order valence-electron chi connectivity index (χ3n) is 6.88. The zero-order valence-corrected chi connectivity index (χ0v) is 22.4. The Morgan fingerprint density at radius 3 is 2.24 bits per heavy atom. The number of ketones is 1. The molecule has 4 nitrogen and oxygen atoms in total. The molecule has 0 aliphatic heterocycles. The first-order valence-corrected chi connectivity index (χ1v) is 13.3. The van der Waals surface area contributed by atoms with Crippen LogP contribution in [0.5, 0.6) is 5.75 Å². The van der Waals surface area contributed by atoms with Crippen molar-refractivity contribution in [2.24, 2.45) is 11.8 Å². The van der Waals surface area contributed by atoms with E-state index in [9.17, 15) is 9.59 Å². The minimum absolute atomic E-state index is 0.135. The van der Waals surface area contributed by atoms with Gasteiger partial charge in [-0.15, -0.1) is 11.8 Å². The summed E-state index contributed by atoms with van der Waals surface area (Å²) in [5.41, 5.74) is 1.54. The molecule has 0 N–H and O–H groups in total. The first-order chi connectivity index (χ1) is 16.2. The second-order valence-electron chi connectivity index (χ2n) is 9.20. The van der Waals surface area contributed by atoms with Crippen molar-refractivity contribution in [3.63, 3.8) is 0 Å². The van der Waals surface area contributed by atoms with E-state index in [0.717, 1.165) is 24.2 Å². The molecule has 1 saturated carbocycles. The Hall–Kier alpha value is -1.69. The van der Waals surface area contributed by atoms with Gasteiger partial charge in [0.2, 0.25) is 0 Å². The number of hydrogen-bond acceptors (Lipinski definition) is 5. The van der Waals surface area contributed by atoms with Crippen LogP contribution in [0.2, 0.25) is 10.0 Å². The molecule has 1 fully saturated rings. The zero-order chi connectivity index (χ0) is 24.9. The Bertz CT molecular complexity index is 998. The fraction of sp³-hybridized carbons (Fsp3) is 0.481. The summed E-state index contributed by atoms with van der Waals surface area (Å²) in [6, 6.07) is 12.7. The van der Waals surface area contributed by atoms with E-state index in [0.29, 0.717) is 46.0 Å². The van der Waals surface area contributed by atoms with Crippen LogP contribution in [-0.2, 0) is 20.1 Å². The largest absolute Gasteiger partial charge is 0.497 e. The summed E-state index contributed by atoms with van der Waals surface area (Å²) in [5, 5.41) is 0.744. The van der Waals surface area contributed by atoms with Gasteiger partial charge in [-0.3, -0.25) is 9.59 Å². The van der Waals surface area contributed by atoms with Crippen LogP contribution in [0, 0.1) is 11.8 Å². The standard InChI is InChI=1S/C27H32Cl2O4S/c1-17(2)19-11-13-27(14-12-19,34-16-18-5-8-21(32-3)9-6-18)25(30)24(26(31)33-4)22-10-7-20(28)15-23(22)29/h5-10,15,17,19,24H,11-14,16H2,1-4H3. The van der Waals surface area contributed by atoms with Crippen LogP contribution in [0.25, 0.3) is 0 Å². The van der Waals surface area contributed by atoms with Gasteiger partial charge in [-0.05, 0) is 72.9 Å². The summed E-state index contributed by atoms with van der Waals surface area (Å²) in [7, 11) is 2.94. The average Bonchev–Trinajstić information content (AvgIpc) is 2.84. The minimum Gasteiger partial charge on any atom is -0.497 e. The molecule has 1 unspecified atom stereocenters. The molecule has 0 bridgehead atoms. The lowest BCUT2D eigenvalue weighted by Gasteiger charge is -2.41. The second kappa shape index (κ2) is 11.8. The highest BCUT2D eigenvalue weighted by molar-refractivity contribution is 8.00. The van der Waals surface area contributed by atoms with Crippen molar-refractivity contribution in [1.82, 2.24) is 0 Å². The van der Waals surface area contributed by atoms with Crippen LogP contribution in [-0.4, -0.2) is 30.7 Å². The zero-order valence-electron chi connectivity index (χ0n) is 20.1. The molecule has 1 atom stereocenters. The number of carbonyl (C=O) groups excluding carboxylic acids is 2. The molecule has 1 aliphatic carbocycles. The summed E-state index contributed by atoms with van der Waals surface area (Å²) in [4.78, 5) is 27.2. The minimum atomic E-state index is -1.09. The van der Waals surface area contributed by atoms with Crippen molar-refractivity contribution >= 4 is 46.7 Å². The number of halogens is 2. The first-order valence-electron chi connectivity index (χ1n) is 11.5. The first kappa shape index (κ1) is 26.9. The Kier molecular flexibility index (Phi) is 9.36. The number of carbonyl (C=O) groups is 2. The number of methoxy groups -OCH3 is 2. The van der Waals surface area contributed by atoms with Crippen molar-refractivity contribution in [2.45, 2.75) is 55.9 Å². The molecule has 2 aromatic carbocycles. The van der Waals surface area contributed by atoms with Crippen molar-refractivity contribution in [3.05, 3.63) is 63.6 Å². The van der Waals surface area contributed by atoms with E-state index in [1.807, 2.05) is 24.3 Å². The van der Waals surface area contributed by atoms with Gasteiger partial charge in [-0.25, -0.2) is 0 Å². The third-order valence-corrected chi connectivity index (χ3v) is 9.08. The van der Waals surface area contributed by atoms with Crippen LogP contribution in [0.4, 0.5) is 0 Å². The van der Waals surface area contributed by atoms with Crippen molar-refractivity contribution in [1.29, 1.82) is 0 Å². The number of hydrogen-bond donors (Lipinski definition) is 0. The normalized spacial score (nSPS) is 21.2. The lowest BCUT2D eigenvalue weighted by atomic mass is 9.72. The Morgan fingerprint density at radius 2 is 1.71 bits per heavy atom. The molecule has 0 spiro atoms. The van der Waals surface area contributed by atoms with Gasteiger partial charge >= 0.3 is 5.97 Å². The highest BCUT2D eigenvalue weighted by Crippen LogP contribution is 2.49. The number of thioether (sulfide) groups is 1. The van der Waals surface area contributed by atoms with Crippen molar-refractivity contribution in [2.75, 3.05) is 14.2 Å². The van der Waals surface area contributed by atoms with Gasteiger partial charge in [0.1, 0.15) is 11.7 Å². The van der Waals surface area contributed by atoms with Gasteiger partial charge in [-0.1, -0.05) is 55.2 Å². The SMILES string of the molecule is COC(=O)C(C(=O)C1(SCc2ccc(OC)cc2)CCC(C(C)C)CC1)c1ccc(Cl)cc1Cl. The molecule has 0 heterocycles. The average molecular weight is 524 g/mol. The summed E-state index contributed by atoms with van der Waals surface area (Å²) in [5.74, 6) is 0.757. The fourth-order valence-corrected chi connectivity index (χ4v) is 6.61. The predicted octanol–water partition coefficient (Wildman–Crippen LogP) is 7.35. The van der Waals surface area contributed by atoms with Crippen LogP contribution >= 0.6 is 35.0 Å². The number of rotatable bonds is 9. The van der Waals surface area contributed by atoms with E-state index in [1.54, 1.807) is 37.1 Å². The monoisotopic (exact) mass is 522 g/mol. The molecule has 3 rings (SSSR count). The molecule has 0 aromatic heterocycles. The molecular weight excluding hydrogens is 491 g/mol. The van der Waals surface area contributed by atoms with Gasteiger partial charge in [0.05, 0.1) is 19.0 Å². The van der Waals surface area contributed by atoms with E-state index in [-0.39, 0.29) is 5.78 Å². The van der Waals surface area contributed by atoms with Crippen LogP contribution in [0.15, 0.2) is 42.5 Å². The lowest BCUT2D eigenvalue weighted by Crippen LogP contribution is -2.45. The molecule has 34 heavy (non-hydrogen) atoms. The Balaban J connectivity index is 1.95. The van der Waals surface area contributed by atoms with E-state index in [2.05, 4.69) is 13.8 Å². The summed E-state index contributed by atoms with van der Waals surface area (Å²) in [6.07, 6.45) is 3.32. The van der Waals surface area contributed by atoms with Crippen LogP contribution in [0.3, 0.4) is 0 Å². The maximum Gasteiger partial charge on any atom is 0.320 e. The van der Waals surface area contributed by atoms with Crippen LogP contribution < -0.4 is 4.74 Å². The van der Waals surface area contributed by atoms with E-state index >= 15 is 0 Å². The van der Waals surface area contributed by atoms with Gasteiger partial charge < -0.3 is 9.47 Å². The second-order valence-corrected chi connectivity index (χ2v) is 11.4. The molecular formula is C27H32Cl2O4S. The predicted molar refractivity (Wildman–Crippen MR) is 140 cm³/mol. The molecule has 2 aromatic rings. The van der Waals surface area contributed by atoms with E-state index in [4.69, 9.17) is 32.7 Å². The lowest BCUT2D eigenvalue weighted by molar-refractivity contribution is -0.146. The highest BCUT2D eigenvalue weighted by Gasteiger charge is 2.48. The topological polar surface area (TPSA) is 52.6 Å². The molecule has 7 heteroatoms. The summed E-state index contributed by atoms with van der Waals surface area (Å²) < 4.78 is 9.64. The highest BCUT2D eigenvalue weighted by atomic mass is 35.5. The van der Waals surface area contributed by atoms with Gasteiger partial charge in [0, 0.05) is 15.8 Å². The molecule has 0 amide bonds. The van der Waals surface area contributed by atoms with Gasteiger partial charge in [-0.2, -0.15) is 0 Å². The number of esters is 1.